The van der Waals surface area contributed by atoms with Crippen molar-refractivity contribution in [2.45, 2.75) is 13.3 Å². The van der Waals surface area contributed by atoms with Crippen molar-refractivity contribution in [3.8, 4) is 0 Å². The maximum absolute atomic E-state index is 4.82. The Morgan fingerprint density at radius 3 is 3.17 bits per heavy atom. The van der Waals surface area contributed by atoms with Gasteiger partial charge in [0.1, 0.15) is 0 Å². The number of nitrogens with one attached hydrogen (secondary N) is 1. The van der Waals surface area contributed by atoms with Crippen LogP contribution in [0.2, 0.25) is 0 Å². The lowest BCUT2D eigenvalue weighted by Gasteiger charge is -1.96. The molecule has 12 heavy (non-hydrogen) atoms. The van der Waals surface area contributed by atoms with Crippen molar-refractivity contribution >= 4 is 29.2 Å². The van der Waals surface area contributed by atoms with Gasteiger partial charge in [-0.1, -0.05) is 23.8 Å². The third kappa shape index (κ3) is 3.41. The molecule has 0 aromatic carbocycles. The van der Waals surface area contributed by atoms with E-state index in [-0.39, 0.29) is 0 Å². The minimum atomic E-state index is 0.639. The molecule has 3 heteroatoms. The first-order chi connectivity index (χ1) is 5.74. The van der Waals surface area contributed by atoms with E-state index in [0.717, 1.165) is 13.0 Å². The number of hydrogen-bond donors (Lipinski definition) is 1. The van der Waals surface area contributed by atoms with Gasteiger partial charge in [0.2, 0.25) is 0 Å². The van der Waals surface area contributed by atoms with Gasteiger partial charge in [-0.25, -0.2) is 0 Å². The predicted octanol–water partition coefficient (Wildman–Crippen LogP) is 1.39. The van der Waals surface area contributed by atoms with Crippen LogP contribution in [-0.4, -0.2) is 10.9 Å². The lowest BCUT2D eigenvalue weighted by Crippen LogP contribution is -2.19. The Balaban J connectivity index is 2.04. The number of allylic oxidation sites excluding steroid dienone is 3. The van der Waals surface area contributed by atoms with E-state index in [0.29, 0.717) is 10.2 Å². The van der Waals surface area contributed by atoms with Gasteiger partial charge in [-0.15, -0.1) is 0 Å². The summed E-state index contributed by atoms with van der Waals surface area (Å²) < 4.78 is 0.693. The molecule has 0 fully saturated rings. The van der Waals surface area contributed by atoms with Crippen LogP contribution in [0.25, 0.3) is 0 Å². The molecule has 1 unspecified atom stereocenters. The monoisotopic (exact) mass is 200 g/mol. The summed E-state index contributed by atoms with van der Waals surface area (Å²) in [5.41, 5.74) is 1.52. The van der Waals surface area contributed by atoms with Gasteiger partial charge < -0.3 is 5.32 Å². The van der Waals surface area contributed by atoms with Gasteiger partial charge >= 0.3 is 0 Å². The van der Waals surface area contributed by atoms with E-state index in [4.69, 9.17) is 12.2 Å². The minimum Gasteiger partial charge on any atom is -0.337 e. The van der Waals surface area contributed by atoms with E-state index in [1.54, 1.807) is 0 Å². The molecule has 0 radical (unpaired) electrons. The summed E-state index contributed by atoms with van der Waals surface area (Å²) in [6, 6.07) is 0. The zero-order valence-electron chi connectivity index (χ0n) is 7.13. The van der Waals surface area contributed by atoms with E-state index in [9.17, 15) is 0 Å². The normalized spacial score (nSPS) is 20.8. The van der Waals surface area contributed by atoms with E-state index < -0.39 is 0 Å². The average molecular weight is 200 g/mol. The molecule has 1 atom stereocenters. The first kappa shape index (κ1) is 9.81. The van der Waals surface area contributed by atoms with Gasteiger partial charge in [-0.3, -0.25) is 0 Å². The van der Waals surface area contributed by atoms with Crippen molar-refractivity contribution in [3.63, 3.8) is 0 Å². The van der Waals surface area contributed by atoms with Gasteiger partial charge in [-0.2, -0.15) is 0 Å². The van der Waals surface area contributed by atoms with Crippen molar-refractivity contribution in [2.24, 2.45) is 5.92 Å². The fourth-order valence-electron chi connectivity index (χ4n) is 1.14. The van der Waals surface area contributed by atoms with Gasteiger partial charge in [0, 0.05) is 25.1 Å². The summed E-state index contributed by atoms with van der Waals surface area (Å²) in [5, 5.41) is 3.06. The zero-order chi connectivity index (χ0) is 8.97. The molecule has 0 saturated heterocycles. The molecule has 0 aromatic rings. The number of thiocarbonyl (C=S) groups is 1. The summed E-state index contributed by atoms with van der Waals surface area (Å²) in [4.78, 5) is 0. The Hall–Kier alpha value is -0.280. The molecule has 1 aliphatic carbocycles. The second kappa shape index (κ2) is 4.67. The highest BCUT2D eigenvalue weighted by atomic mass is 32.1. The van der Waals surface area contributed by atoms with E-state index in [1.807, 2.05) is 0 Å². The van der Waals surface area contributed by atoms with Crippen LogP contribution in [0.3, 0.4) is 0 Å². The third-order valence-corrected chi connectivity index (χ3v) is 2.13. The van der Waals surface area contributed by atoms with Gasteiger partial charge in [0.05, 0.1) is 0 Å². The fraction of sp³-hybridized carbons (Fsp3) is 0.444. The van der Waals surface area contributed by atoms with Crippen molar-refractivity contribution in [1.82, 2.24) is 5.32 Å². The quantitative estimate of drug-likeness (QED) is 0.418. The number of hydrogen-bond acceptors (Lipinski definition) is 1. The molecule has 1 N–H and O–H groups in total. The Morgan fingerprint density at radius 2 is 2.58 bits per heavy atom. The summed E-state index contributed by atoms with van der Waals surface area (Å²) in [6.45, 7) is 2.98. The molecule has 1 nitrogen and oxygen atoms in total. The van der Waals surface area contributed by atoms with E-state index in [1.165, 1.54) is 5.57 Å². The van der Waals surface area contributed by atoms with Gasteiger partial charge in [0.15, 0.2) is 0 Å². The molecule has 0 bridgehead atoms. The predicted molar refractivity (Wildman–Crippen MR) is 61.8 cm³/mol. The second-order valence-corrected chi connectivity index (χ2v) is 4.07. The molecular formula is C9H14NS2+. The van der Waals surface area contributed by atoms with Crippen LogP contribution in [0.5, 0.6) is 0 Å². The Morgan fingerprint density at radius 1 is 1.83 bits per heavy atom. The first-order valence-corrected chi connectivity index (χ1v) is 4.97. The largest absolute Gasteiger partial charge is 0.337 e. The summed E-state index contributed by atoms with van der Waals surface area (Å²) in [5.74, 6) is 0.639. The maximum Gasteiger partial charge on any atom is 0.283 e. The molecule has 0 aliphatic heterocycles. The van der Waals surface area contributed by atoms with Crippen LogP contribution in [-0.2, 0) is 12.6 Å². The van der Waals surface area contributed by atoms with Crippen LogP contribution in [0, 0.1) is 5.92 Å². The van der Waals surface area contributed by atoms with Crippen LogP contribution in [0.4, 0.5) is 0 Å². The first-order valence-electron chi connectivity index (χ1n) is 4.07. The highest BCUT2D eigenvalue weighted by Crippen LogP contribution is 2.32. The average Bonchev–Trinajstić information content (AvgIpc) is 2.68. The van der Waals surface area contributed by atoms with Gasteiger partial charge in [-0.05, 0) is 25.6 Å². The molecule has 1 aliphatic rings. The van der Waals surface area contributed by atoms with Crippen molar-refractivity contribution in [2.75, 3.05) is 6.54 Å². The van der Waals surface area contributed by atoms with Crippen LogP contribution in [0.1, 0.15) is 13.3 Å². The molecule has 0 aromatic heterocycles. The molecule has 66 valence electrons. The Bertz CT molecular complexity index is 231. The van der Waals surface area contributed by atoms with Crippen molar-refractivity contribution < 1.29 is 0 Å². The highest BCUT2D eigenvalue weighted by molar-refractivity contribution is 8.00. The highest BCUT2D eigenvalue weighted by Gasteiger charge is 2.20. The summed E-state index contributed by atoms with van der Waals surface area (Å²) >= 11 is 8.04. The fourth-order valence-corrected chi connectivity index (χ4v) is 1.37. The van der Waals surface area contributed by atoms with E-state index >= 15 is 0 Å². The van der Waals surface area contributed by atoms with Crippen LogP contribution >= 0.6 is 12.2 Å². The summed E-state index contributed by atoms with van der Waals surface area (Å²) in [6.07, 6.45) is 7.68. The van der Waals surface area contributed by atoms with E-state index in [2.05, 4.69) is 43.1 Å². The lowest BCUT2D eigenvalue weighted by molar-refractivity contribution is 0.867. The molecule has 1 rings (SSSR count). The third-order valence-electron chi connectivity index (χ3n) is 1.81. The lowest BCUT2D eigenvalue weighted by atomic mass is 10.2. The van der Waals surface area contributed by atoms with Gasteiger partial charge in [0.25, 0.3) is 4.32 Å². The van der Waals surface area contributed by atoms with Crippen molar-refractivity contribution in [1.29, 1.82) is 0 Å². The van der Waals surface area contributed by atoms with Crippen LogP contribution < -0.4 is 5.32 Å². The standard InChI is InChI=1S/C9H13NS2/c1-2-3-7-6-8(7)4-5-10-9(11)12/h2-3,6-7H,4-5H2,1H3,(H2,10,11,12)/p+1/b3-2-. The smallest absolute Gasteiger partial charge is 0.283 e. The maximum atomic E-state index is 4.82. The van der Waals surface area contributed by atoms with Crippen LogP contribution in [0.15, 0.2) is 23.8 Å². The number of rotatable bonds is 4. The minimum absolute atomic E-state index is 0.639. The molecule has 0 amide bonds. The molecule has 0 spiro atoms. The molecule has 0 saturated carbocycles. The second-order valence-electron chi connectivity index (χ2n) is 2.80. The summed E-state index contributed by atoms with van der Waals surface area (Å²) in [7, 11) is 0. The zero-order valence-corrected chi connectivity index (χ0v) is 8.95. The topological polar surface area (TPSA) is 12.0 Å². The SMILES string of the molecule is C/C=C\C1C=C1CCNC(=S)[SH2+]. The Labute approximate surface area is 84.3 Å². The van der Waals surface area contributed by atoms with Crippen molar-refractivity contribution in [3.05, 3.63) is 23.8 Å². The molecule has 0 heterocycles. The Kier molecular flexibility index (Phi) is 3.82. The molecular weight excluding hydrogens is 186 g/mol.